The van der Waals surface area contributed by atoms with Gasteiger partial charge in [0.1, 0.15) is 12.4 Å². The van der Waals surface area contributed by atoms with Crippen LogP contribution in [0.2, 0.25) is 0 Å². The number of benzene rings is 1. The number of esters is 1. The summed E-state index contributed by atoms with van der Waals surface area (Å²) in [6.45, 7) is 3.17. The second-order valence-corrected chi connectivity index (χ2v) is 5.69. The Bertz CT molecular complexity index is 992. The van der Waals surface area contributed by atoms with Crippen molar-refractivity contribution in [3.05, 3.63) is 52.6 Å². The number of methoxy groups -OCH3 is 1. The van der Waals surface area contributed by atoms with Crippen LogP contribution in [-0.2, 0) is 11.3 Å². The van der Waals surface area contributed by atoms with E-state index in [0.29, 0.717) is 22.4 Å². The first-order chi connectivity index (χ1) is 12.4. The molecule has 0 saturated carbocycles. The number of ether oxygens (including phenoxy) is 1. The standard InChI is InChI=1S/C17H16FN5O3/c1-9-14(17(25)26-3)10(2)19-15(9)13(24)8-23-21-16(20-22-23)11-5-4-6-12(18)7-11/h4-7,19H,8H2,1-3H3. The number of hydrogen-bond acceptors (Lipinski definition) is 6. The molecular weight excluding hydrogens is 341 g/mol. The first kappa shape index (κ1) is 17.5. The highest BCUT2D eigenvalue weighted by Gasteiger charge is 2.23. The van der Waals surface area contributed by atoms with Gasteiger partial charge in [0, 0.05) is 11.3 Å². The average molecular weight is 357 g/mol. The maximum absolute atomic E-state index is 13.3. The largest absolute Gasteiger partial charge is 0.465 e. The number of ketones is 1. The number of nitrogens with one attached hydrogen (secondary N) is 1. The van der Waals surface area contributed by atoms with Crippen molar-refractivity contribution < 1.29 is 18.7 Å². The number of hydrogen-bond donors (Lipinski definition) is 1. The van der Waals surface area contributed by atoms with Crippen LogP contribution in [0, 0.1) is 19.7 Å². The first-order valence-corrected chi connectivity index (χ1v) is 7.75. The molecule has 0 aliphatic rings. The Morgan fingerprint density at radius 1 is 1.31 bits per heavy atom. The summed E-state index contributed by atoms with van der Waals surface area (Å²) in [6, 6.07) is 5.78. The van der Waals surface area contributed by atoms with Gasteiger partial charge >= 0.3 is 5.97 Å². The van der Waals surface area contributed by atoms with E-state index in [1.165, 1.54) is 25.3 Å². The number of aryl methyl sites for hydroxylation is 1. The fraction of sp³-hybridized carbons (Fsp3) is 0.235. The van der Waals surface area contributed by atoms with Crippen LogP contribution in [0.1, 0.15) is 32.1 Å². The molecule has 134 valence electrons. The van der Waals surface area contributed by atoms with Gasteiger partial charge in [-0.15, -0.1) is 10.2 Å². The summed E-state index contributed by atoms with van der Waals surface area (Å²) in [4.78, 5) is 28.4. The molecule has 0 saturated heterocycles. The maximum atomic E-state index is 13.3. The van der Waals surface area contributed by atoms with Gasteiger partial charge in [0.2, 0.25) is 11.6 Å². The lowest BCUT2D eigenvalue weighted by molar-refractivity contribution is 0.0599. The van der Waals surface area contributed by atoms with Crippen LogP contribution in [0.5, 0.6) is 0 Å². The molecular formula is C17H16FN5O3. The van der Waals surface area contributed by atoms with Crippen molar-refractivity contribution in [1.82, 2.24) is 25.2 Å². The van der Waals surface area contributed by atoms with Crippen LogP contribution in [-0.4, -0.2) is 44.1 Å². The van der Waals surface area contributed by atoms with E-state index in [-0.39, 0.29) is 23.8 Å². The number of Topliss-reactive ketones (excluding diaryl/α,β-unsaturated/α-hetero) is 1. The Labute approximate surface area is 148 Å². The highest BCUT2D eigenvalue weighted by molar-refractivity contribution is 6.01. The number of H-pyrrole nitrogens is 1. The molecule has 2 aromatic heterocycles. The third kappa shape index (κ3) is 3.23. The average Bonchev–Trinajstić information content (AvgIpc) is 3.19. The normalized spacial score (nSPS) is 10.8. The van der Waals surface area contributed by atoms with Gasteiger partial charge in [-0.25, -0.2) is 9.18 Å². The smallest absolute Gasteiger partial charge is 0.339 e. The van der Waals surface area contributed by atoms with E-state index in [9.17, 15) is 14.0 Å². The number of aromatic nitrogens is 5. The Hall–Kier alpha value is -3.36. The van der Waals surface area contributed by atoms with Crippen LogP contribution in [0.25, 0.3) is 11.4 Å². The summed E-state index contributed by atoms with van der Waals surface area (Å²) in [5.41, 5.74) is 2.13. The van der Waals surface area contributed by atoms with E-state index >= 15 is 0 Å². The van der Waals surface area contributed by atoms with Crippen molar-refractivity contribution in [2.24, 2.45) is 0 Å². The Morgan fingerprint density at radius 2 is 2.08 bits per heavy atom. The third-order valence-corrected chi connectivity index (χ3v) is 3.93. The van der Waals surface area contributed by atoms with Gasteiger partial charge in [-0.05, 0) is 36.8 Å². The topological polar surface area (TPSA) is 103 Å². The molecule has 0 radical (unpaired) electrons. The van der Waals surface area contributed by atoms with Gasteiger partial charge in [-0.1, -0.05) is 12.1 Å². The zero-order valence-corrected chi connectivity index (χ0v) is 14.4. The molecule has 2 heterocycles. The Kier molecular flexibility index (Phi) is 4.61. The molecule has 0 bridgehead atoms. The quantitative estimate of drug-likeness (QED) is 0.554. The molecule has 3 aromatic rings. The molecule has 0 fully saturated rings. The molecule has 0 spiro atoms. The number of aromatic amines is 1. The summed E-state index contributed by atoms with van der Waals surface area (Å²) >= 11 is 0. The van der Waals surface area contributed by atoms with Crippen LogP contribution in [0.3, 0.4) is 0 Å². The molecule has 0 aliphatic heterocycles. The van der Waals surface area contributed by atoms with Crippen molar-refractivity contribution in [2.45, 2.75) is 20.4 Å². The van der Waals surface area contributed by atoms with Crippen molar-refractivity contribution in [3.8, 4) is 11.4 Å². The predicted molar refractivity (Wildman–Crippen MR) is 89.1 cm³/mol. The molecule has 1 aromatic carbocycles. The van der Waals surface area contributed by atoms with E-state index in [4.69, 9.17) is 4.74 Å². The van der Waals surface area contributed by atoms with Gasteiger partial charge in [-0.2, -0.15) is 4.80 Å². The van der Waals surface area contributed by atoms with Crippen molar-refractivity contribution >= 4 is 11.8 Å². The lowest BCUT2D eigenvalue weighted by Gasteiger charge is -2.01. The molecule has 0 unspecified atom stereocenters. The number of nitrogens with zero attached hydrogens (tertiary/aromatic N) is 4. The Morgan fingerprint density at radius 3 is 2.77 bits per heavy atom. The number of halogens is 1. The first-order valence-electron chi connectivity index (χ1n) is 7.75. The number of rotatable bonds is 5. The predicted octanol–water partition coefficient (Wildman–Crippen LogP) is 2.09. The fourth-order valence-corrected chi connectivity index (χ4v) is 2.70. The zero-order chi connectivity index (χ0) is 18.8. The lowest BCUT2D eigenvalue weighted by atomic mass is 10.1. The van der Waals surface area contributed by atoms with Crippen LogP contribution < -0.4 is 0 Å². The third-order valence-electron chi connectivity index (χ3n) is 3.93. The van der Waals surface area contributed by atoms with Crippen molar-refractivity contribution in [3.63, 3.8) is 0 Å². The molecule has 26 heavy (non-hydrogen) atoms. The molecule has 0 aliphatic carbocycles. The van der Waals surface area contributed by atoms with Crippen LogP contribution in [0.4, 0.5) is 4.39 Å². The van der Waals surface area contributed by atoms with Crippen molar-refractivity contribution in [2.75, 3.05) is 7.11 Å². The van der Waals surface area contributed by atoms with E-state index in [1.54, 1.807) is 19.9 Å². The minimum Gasteiger partial charge on any atom is -0.465 e. The van der Waals surface area contributed by atoms with E-state index in [0.717, 1.165) is 4.80 Å². The molecule has 8 nitrogen and oxygen atoms in total. The minimum absolute atomic E-state index is 0.177. The lowest BCUT2D eigenvalue weighted by Crippen LogP contribution is -2.15. The van der Waals surface area contributed by atoms with Crippen molar-refractivity contribution in [1.29, 1.82) is 0 Å². The molecule has 3 rings (SSSR count). The van der Waals surface area contributed by atoms with Gasteiger partial charge in [0.05, 0.1) is 18.4 Å². The van der Waals surface area contributed by atoms with Gasteiger partial charge in [0.25, 0.3) is 0 Å². The van der Waals surface area contributed by atoms with Gasteiger partial charge < -0.3 is 9.72 Å². The Balaban J connectivity index is 1.82. The second-order valence-electron chi connectivity index (χ2n) is 5.69. The minimum atomic E-state index is -0.512. The number of tetrazole rings is 1. The van der Waals surface area contributed by atoms with Gasteiger partial charge in [0.15, 0.2) is 0 Å². The fourth-order valence-electron chi connectivity index (χ4n) is 2.70. The molecule has 1 N–H and O–H groups in total. The van der Waals surface area contributed by atoms with Gasteiger partial charge in [-0.3, -0.25) is 4.79 Å². The maximum Gasteiger partial charge on any atom is 0.339 e. The summed E-state index contributed by atoms with van der Waals surface area (Å²) in [6.07, 6.45) is 0. The summed E-state index contributed by atoms with van der Waals surface area (Å²) in [5, 5.41) is 11.8. The molecule has 0 amide bonds. The summed E-state index contributed by atoms with van der Waals surface area (Å²) < 4.78 is 18.0. The SMILES string of the molecule is COC(=O)c1c(C)[nH]c(C(=O)Cn2nnc(-c3cccc(F)c3)n2)c1C. The van der Waals surface area contributed by atoms with Crippen LogP contribution >= 0.6 is 0 Å². The monoisotopic (exact) mass is 357 g/mol. The second kappa shape index (κ2) is 6.87. The zero-order valence-electron chi connectivity index (χ0n) is 14.4. The summed E-state index contributed by atoms with van der Waals surface area (Å²) in [7, 11) is 1.28. The van der Waals surface area contributed by atoms with Crippen LogP contribution in [0.15, 0.2) is 24.3 Å². The molecule has 9 heteroatoms. The van der Waals surface area contributed by atoms with E-state index < -0.39 is 11.8 Å². The highest BCUT2D eigenvalue weighted by atomic mass is 19.1. The highest BCUT2D eigenvalue weighted by Crippen LogP contribution is 2.20. The number of carbonyl (C=O) groups is 2. The number of carbonyl (C=O) groups excluding carboxylic acids is 2. The van der Waals surface area contributed by atoms with E-state index in [1.807, 2.05) is 0 Å². The molecule has 0 atom stereocenters. The van der Waals surface area contributed by atoms with E-state index in [2.05, 4.69) is 20.4 Å². The summed E-state index contributed by atoms with van der Waals surface area (Å²) in [5.74, 6) is -1.03.